The van der Waals surface area contributed by atoms with Gasteiger partial charge in [-0.25, -0.2) is 8.42 Å². The van der Waals surface area contributed by atoms with Gasteiger partial charge in [0.1, 0.15) is 0 Å². The van der Waals surface area contributed by atoms with Gasteiger partial charge in [0, 0.05) is 18.7 Å². The quantitative estimate of drug-likeness (QED) is 0.403. The zero-order valence-corrected chi connectivity index (χ0v) is 16.3. The molecule has 1 amide bonds. The minimum Gasteiger partial charge on any atom is -0.455 e. The molecule has 0 radical (unpaired) electrons. The lowest BCUT2D eigenvalue weighted by atomic mass is 9.98. The molecule has 0 atom stereocenters. The normalized spacial score (nSPS) is 15.4. The molecule has 0 aliphatic carbocycles. The van der Waals surface area contributed by atoms with Crippen molar-refractivity contribution in [2.45, 2.75) is 24.7 Å². The molecule has 0 unspecified atom stereocenters. The molecule has 1 aromatic rings. The third kappa shape index (κ3) is 5.41. The van der Waals surface area contributed by atoms with Crippen LogP contribution in [0.25, 0.3) is 0 Å². The van der Waals surface area contributed by atoms with Crippen molar-refractivity contribution in [1.29, 1.82) is 0 Å². The van der Waals surface area contributed by atoms with Crippen molar-refractivity contribution in [2.24, 2.45) is 5.92 Å². The Kier molecular flexibility index (Phi) is 7.31. The Morgan fingerprint density at radius 3 is 2.57 bits per heavy atom. The van der Waals surface area contributed by atoms with Gasteiger partial charge in [-0.15, -0.1) is 6.42 Å². The molecular formula is C19H22N2O6S. The molecule has 150 valence electrons. The number of hydrogen-bond acceptors (Lipinski definition) is 6. The number of nitrogens with one attached hydrogen (secondary N) is 1. The van der Waals surface area contributed by atoms with Crippen molar-refractivity contribution in [3.8, 4) is 12.3 Å². The lowest BCUT2D eigenvalue weighted by Crippen LogP contribution is -2.41. The average Bonchev–Trinajstić information content (AvgIpc) is 2.70. The fourth-order valence-electron chi connectivity index (χ4n) is 2.81. The highest BCUT2D eigenvalue weighted by Crippen LogP contribution is 2.25. The number of esters is 1. The Morgan fingerprint density at radius 1 is 1.29 bits per heavy atom. The Balaban J connectivity index is 1.93. The Morgan fingerprint density at radius 2 is 1.96 bits per heavy atom. The summed E-state index contributed by atoms with van der Waals surface area (Å²) in [7, 11) is -3.76. The molecule has 9 heteroatoms. The van der Waals surface area contributed by atoms with Crippen molar-refractivity contribution in [1.82, 2.24) is 9.62 Å². The summed E-state index contributed by atoms with van der Waals surface area (Å²) in [5.74, 6) is 0.519. The molecule has 8 nitrogen and oxygen atoms in total. The smallest absolute Gasteiger partial charge is 0.309 e. The fourth-order valence-corrected chi connectivity index (χ4v) is 4.33. The van der Waals surface area contributed by atoms with Crippen LogP contribution in [0.2, 0.25) is 0 Å². The van der Waals surface area contributed by atoms with Gasteiger partial charge in [0.05, 0.1) is 17.4 Å². The minimum atomic E-state index is -3.76. The third-order valence-corrected chi connectivity index (χ3v) is 6.29. The number of benzene rings is 1. The predicted octanol–water partition coefficient (Wildman–Crippen LogP) is 0.583. The number of Topliss-reactive ketones (excluding diaryl/α,β-unsaturated/α-hetero) is 1. The van der Waals surface area contributed by atoms with E-state index in [0.717, 1.165) is 0 Å². The highest BCUT2D eigenvalue weighted by molar-refractivity contribution is 7.89. The van der Waals surface area contributed by atoms with Crippen LogP contribution in [0, 0.1) is 18.3 Å². The van der Waals surface area contributed by atoms with Gasteiger partial charge in [0.2, 0.25) is 10.0 Å². The van der Waals surface area contributed by atoms with E-state index in [1.807, 2.05) is 0 Å². The summed E-state index contributed by atoms with van der Waals surface area (Å²) < 4.78 is 31.8. The van der Waals surface area contributed by atoms with Crippen molar-refractivity contribution >= 4 is 27.7 Å². The van der Waals surface area contributed by atoms with Crippen LogP contribution < -0.4 is 5.32 Å². The number of carbonyl (C=O) groups is 3. The van der Waals surface area contributed by atoms with Gasteiger partial charge in [-0.3, -0.25) is 14.4 Å². The highest BCUT2D eigenvalue weighted by Gasteiger charge is 2.33. The van der Waals surface area contributed by atoms with E-state index in [1.54, 1.807) is 6.07 Å². The molecule has 1 N–H and O–H groups in total. The van der Waals surface area contributed by atoms with E-state index in [0.29, 0.717) is 5.56 Å². The van der Waals surface area contributed by atoms with Gasteiger partial charge in [0.15, 0.2) is 12.4 Å². The molecule has 1 aliphatic heterocycles. The lowest BCUT2D eigenvalue weighted by molar-refractivity contribution is -0.153. The van der Waals surface area contributed by atoms with Crippen LogP contribution in [-0.4, -0.2) is 56.6 Å². The Labute approximate surface area is 164 Å². The first-order chi connectivity index (χ1) is 13.3. The topological polar surface area (TPSA) is 110 Å². The number of nitrogens with zero attached hydrogens (tertiary/aromatic N) is 1. The van der Waals surface area contributed by atoms with Gasteiger partial charge in [-0.1, -0.05) is 18.1 Å². The first kappa shape index (κ1) is 21.6. The van der Waals surface area contributed by atoms with E-state index in [2.05, 4.69) is 11.2 Å². The van der Waals surface area contributed by atoms with Crippen LogP contribution in [0.5, 0.6) is 0 Å². The summed E-state index contributed by atoms with van der Waals surface area (Å²) in [4.78, 5) is 35.0. The van der Waals surface area contributed by atoms with Gasteiger partial charge < -0.3 is 10.1 Å². The predicted molar refractivity (Wildman–Crippen MR) is 101 cm³/mol. The van der Waals surface area contributed by atoms with Crippen LogP contribution >= 0.6 is 0 Å². The number of hydrogen-bond donors (Lipinski definition) is 1. The van der Waals surface area contributed by atoms with Crippen molar-refractivity contribution in [3.05, 3.63) is 29.8 Å². The summed E-state index contributed by atoms with van der Waals surface area (Å²) in [6, 6.07) is 5.88. The maximum atomic E-state index is 12.8. The largest absolute Gasteiger partial charge is 0.455 e. The third-order valence-electron chi connectivity index (χ3n) is 4.40. The number of amides is 1. The number of ketones is 1. The van der Waals surface area contributed by atoms with E-state index in [-0.39, 0.29) is 43.2 Å². The van der Waals surface area contributed by atoms with Gasteiger partial charge in [-0.05, 0) is 31.9 Å². The minimum absolute atomic E-state index is 0.0476. The molecule has 28 heavy (non-hydrogen) atoms. The zero-order valence-electron chi connectivity index (χ0n) is 15.5. The number of rotatable bonds is 7. The van der Waals surface area contributed by atoms with Crippen molar-refractivity contribution < 1.29 is 27.5 Å². The molecule has 1 saturated heterocycles. The molecule has 2 rings (SSSR count). The Hall–Kier alpha value is -2.70. The highest BCUT2D eigenvalue weighted by atomic mass is 32.2. The fraction of sp³-hybridized carbons (Fsp3) is 0.421. The number of sulfonamides is 1. The second-order valence-electron chi connectivity index (χ2n) is 6.35. The summed E-state index contributed by atoms with van der Waals surface area (Å²) in [5, 5.41) is 2.38. The molecule has 0 bridgehead atoms. The van der Waals surface area contributed by atoms with Crippen LogP contribution in [0.1, 0.15) is 30.1 Å². The number of piperidine rings is 1. The SMILES string of the molecule is C#CCNC(=O)COC(=O)C1CCN(S(=O)(=O)c2cccc(C(C)=O)c2)CC1. The molecule has 1 aliphatic rings. The van der Waals surface area contributed by atoms with E-state index in [1.165, 1.54) is 29.4 Å². The lowest BCUT2D eigenvalue weighted by Gasteiger charge is -2.30. The number of carbonyl (C=O) groups excluding carboxylic acids is 3. The zero-order chi connectivity index (χ0) is 20.7. The van der Waals surface area contributed by atoms with Gasteiger partial charge in [-0.2, -0.15) is 4.31 Å². The van der Waals surface area contributed by atoms with Crippen molar-refractivity contribution in [3.63, 3.8) is 0 Å². The van der Waals surface area contributed by atoms with E-state index in [4.69, 9.17) is 11.2 Å². The van der Waals surface area contributed by atoms with E-state index in [9.17, 15) is 22.8 Å². The first-order valence-electron chi connectivity index (χ1n) is 8.73. The second kappa shape index (κ2) is 9.48. The van der Waals surface area contributed by atoms with Crippen LogP contribution in [-0.2, 0) is 24.3 Å². The maximum Gasteiger partial charge on any atom is 0.309 e. The maximum absolute atomic E-state index is 12.8. The first-order valence-corrected chi connectivity index (χ1v) is 10.2. The van der Waals surface area contributed by atoms with Gasteiger partial charge in [0.25, 0.3) is 5.91 Å². The van der Waals surface area contributed by atoms with Crippen LogP contribution in [0.4, 0.5) is 0 Å². The molecule has 0 aromatic heterocycles. The molecule has 0 spiro atoms. The molecule has 1 aromatic carbocycles. The monoisotopic (exact) mass is 406 g/mol. The van der Waals surface area contributed by atoms with Crippen molar-refractivity contribution in [2.75, 3.05) is 26.2 Å². The van der Waals surface area contributed by atoms with Crippen LogP contribution in [0.3, 0.4) is 0 Å². The van der Waals surface area contributed by atoms with Gasteiger partial charge >= 0.3 is 5.97 Å². The van der Waals surface area contributed by atoms with E-state index >= 15 is 0 Å². The second-order valence-corrected chi connectivity index (χ2v) is 8.29. The Bertz CT molecular complexity index is 895. The summed E-state index contributed by atoms with van der Waals surface area (Å²) in [5.41, 5.74) is 0.322. The molecule has 0 saturated carbocycles. The van der Waals surface area contributed by atoms with Crippen LogP contribution in [0.15, 0.2) is 29.2 Å². The summed E-state index contributed by atoms with van der Waals surface area (Å²) in [6.07, 6.45) is 5.60. The summed E-state index contributed by atoms with van der Waals surface area (Å²) in [6.45, 7) is 1.30. The molecular weight excluding hydrogens is 384 g/mol. The molecule has 1 fully saturated rings. The summed E-state index contributed by atoms with van der Waals surface area (Å²) >= 11 is 0. The number of terminal acetylenes is 1. The standard InChI is InChI=1S/C19H22N2O6S/c1-3-9-20-18(23)13-27-19(24)15-7-10-21(11-8-15)28(25,26)17-6-4-5-16(12-17)14(2)22/h1,4-6,12,15H,7-11,13H2,2H3,(H,20,23). The average molecular weight is 406 g/mol. The van der Waals surface area contributed by atoms with E-state index < -0.39 is 34.4 Å². The number of ether oxygens (including phenoxy) is 1. The molecule has 1 heterocycles.